The van der Waals surface area contributed by atoms with E-state index in [1.807, 2.05) is 0 Å². The Kier molecular flexibility index (Phi) is 6.74. The number of allylic oxidation sites excluding steroid dienone is 1. The van der Waals surface area contributed by atoms with Crippen molar-refractivity contribution in [3.63, 3.8) is 0 Å². The fourth-order valence-electron chi connectivity index (χ4n) is 3.51. The molecule has 0 bridgehead atoms. The highest BCUT2D eigenvalue weighted by atomic mass is 35.5. The quantitative estimate of drug-likeness (QED) is 0.469. The Labute approximate surface area is 189 Å². The van der Waals surface area contributed by atoms with Gasteiger partial charge in [0.2, 0.25) is 5.75 Å². The van der Waals surface area contributed by atoms with Gasteiger partial charge in [-0.15, -0.1) is 0 Å². The number of halogens is 2. The van der Waals surface area contributed by atoms with E-state index in [4.69, 9.17) is 30.5 Å². The summed E-state index contributed by atoms with van der Waals surface area (Å²) in [6.45, 7) is 1.59. The maximum Gasteiger partial charge on any atom is 0.340 e. The maximum atomic E-state index is 13.7. The van der Waals surface area contributed by atoms with Crippen LogP contribution in [0.25, 0.3) is 6.08 Å². The summed E-state index contributed by atoms with van der Waals surface area (Å²) in [5.41, 5.74) is 1.23. The Morgan fingerprint density at radius 3 is 2.28 bits per heavy atom. The van der Waals surface area contributed by atoms with E-state index in [2.05, 4.69) is 0 Å². The van der Waals surface area contributed by atoms with Crippen LogP contribution in [0.5, 0.6) is 17.2 Å². The number of amides is 1. The number of methoxy groups -OCH3 is 4. The van der Waals surface area contributed by atoms with E-state index in [-0.39, 0.29) is 16.2 Å². The van der Waals surface area contributed by atoms with E-state index in [0.29, 0.717) is 34.2 Å². The highest BCUT2D eigenvalue weighted by Crippen LogP contribution is 2.42. The molecule has 1 heterocycles. The predicted molar refractivity (Wildman–Crippen MR) is 118 cm³/mol. The number of ether oxygens (including phenoxy) is 4. The van der Waals surface area contributed by atoms with Crippen LogP contribution in [0.4, 0.5) is 10.1 Å². The highest BCUT2D eigenvalue weighted by Gasteiger charge is 2.38. The second kappa shape index (κ2) is 9.32. The average molecular weight is 462 g/mol. The molecular formula is C23H21ClFNO6. The van der Waals surface area contributed by atoms with E-state index >= 15 is 0 Å². The van der Waals surface area contributed by atoms with Gasteiger partial charge >= 0.3 is 5.97 Å². The summed E-state index contributed by atoms with van der Waals surface area (Å²) in [7, 11) is 5.62. The van der Waals surface area contributed by atoms with Gasteiger partial charge in [0, 0.05) is 11.3 Å². The molecule has 0 atom stereocenters. The summed E-state index contributed by atoms with van der Waals surface area (Å²) in [5, 5.41) is -0.151. The largest absolute Gasteiger partial charge is 0.493 e. The Bertz CT molecular complexity index is 1160. The van der Waals surface area contributed by atoms with Crippen molar-refractivity contribution in [1.29, 1.82) is 0 Å². The van der Waals surface area contributed by atoms with Crippen LogP contribution in [0.15, 0.2) is 47.2 Å². The molecular weight excluding hydrogens is 441 g/mol. The van der Waals surface area contributed by atoms with Crippen molar-refractivity contribution in [2.75, 3.05) is 33.3 Å². The molecule has 9 heteroatoms. The third-order valence-electron chi connectivity index (χ3n) is 4.99. The van der Waals surface area contributed by atoms with Gasteiger partial charge in [0.1, 0.15) is 5.82 Å². The number of anilines is 1. The predicted octanol–water partition coefficient (Wildman–Crippen LogP) is 4.38. The van der Waals surface area contributed by atoms with Crippen LogP contribution in [-0.2, 0) is 14.3 Å². The molecule has 0 N–H and O–H groups in total. The number of hydrogen-bond acceptors (Lipinski definition) is 6. The molecule has 0 aromatic heterocycles. The van der Waals surface area contributed by atoms with Crippen molar-refractivity contribution in [3.8, 4) is 17.2 Å². The number of nitrogens with zero attached hydrogens (tertiary/aromatic N) is 1. The lowest BCUT2D eigenvalue weighted by Crippen LogP contribution is -2.24. The van der Waals surface area contributed by atoms with Gasteiger partial charge in [0.25, 0.3) is 5.91 Å². The molecule has 7 nitrogen and oxygen atoms in total. The number of esters is 1. The van der Waals surface area contributed by atoms with Gasteiger partial charge in [0.05, 0.1) is 50.3 Å². The minimum absolute atomic E-state index is 0.0646. The summed E-state index contributed by atoms with van der Waals surface area (Å²) in [4.78, 5) is 27.3. The van der Waals surface area contributed by atoms with Gasteiger partial charge in [-0.3, -0.25) is 9.69 Å². The van der Waals surface area contributed by atoms with Gasteiger partial charge < -0.3 is 18.9 Å². The Morgan fingerprint density at radius 1 is 1.03 bits per heavy atom. The third kappa shape index (κ3) is 3.89. The van der Waals surface area contributed by atoms with Gasteiger partial charge in [-0.25, -0.2) is 9.18 Å². The number of carbonyl (C=O) groups is 2. The molecule has 0 saturated carbocycles. The van der Waals surface area contributed by atoms with Gasteiger partial charge in [-0.1, -0.05) is 11.6 Å². The maximum absolute atomic E-state index is 13.7. The van der Waals surface area contributed by atoms with Crippen molar-refractivity contribution >= 4 is 35.2 Å². The van der Waals surface area contributed by atoms with Gasteiger partial charge in [-0.05, 0) is 43.3 Å². The van der Waals surface area contributed by atoms with Crippen LogP contribution < -0.4 is 19.1 Å². The van der Waals surface area contributed by atoms with Crippen molar-refractivity contribution < 1.29 is 32.9 Å². The summed E-state index contributed by atoms with van der Waals surface area (Å²) >= 11 is 5.90. The third-order valence-corrected chi connectivity index (χ3v) is 5.28. The molecule has 3 rings (SSSR count). The van der Waals surface area contributed by atoms with E-state index in [1.165, 1.54) is 51.5 Å². The van der Waals surface area contributed by atoms with E-state index in [9.17, 15) is 14.0 Å². The Hall–Kier alpha value is -3.52. The van der Waals surface area contributed by atoms with Crippen LogP contribution in [0.1, 0.15) is 12.5 Å². The van der Waals surface area contributed by atoms with Crippen molar-refractivity contribution in [2.24, 2.45) is 0 Å². The number of hydrogen-bond donors (Lipinski definition) is 0. The lowest BCUT2D eigenvalue weighted by Gasteiger charge is -2.18. The zero-order valence-corrected chi connectivity index (χ0v) is 18.9. The lowest BCUT2D eigenvalue weighted by atomic mass is 10.0. The smallest absolute Gasteiger partial charge is 0.340 e. The first kappa shape index (κ1) is 23.1. The molecule has 0 unspecified atom stereocenters. The second-order valence-corrected chi connectivity index (χ2v) is 7.08. The first-order valence-corrected chi connectivity index (χ1v) is 9.76. The van der Waals surface area contributed by atoms with Crippen molar-refractivity contribution in [3.05, 3.63) is 63.6 Å². The molecule has 1 aliphatic heterocycles. The van der Waals surface area contributed by atoms with Gasteiger partial charge in [0.15, 0.2) is 11.5 Å². The summed E-state index contributed by atoms with van der Waals surface area (Å²) in [5.74, 6) is -0.747. The molecule has 2 aromatic rings. The monoisotopic (exact) mass is 461 g/mol. The molecule has 1 aliphatic rings. The molecule has 32 heavy (non-hydrogen) atoms. The van der Waals surface area contributed by atoms with Crippen molar-refractivity contribution in [2.45, 2.75) is 6.92 Å². The van der Waals surface area contributed by atoms with E-state index in [1.54, 1.807) is 19.1 Å². The van der Waals surface area contributed by atoms with Crippen LogP contribution in [0.2, 0.25) is 5.02 Å². The number of carbonyl (C=O) groups excluding carboxylic acids is 2. The summed E-state index contributed by atoms with van der Waals surface area (Å²) in [6, 6.07) is 7.18. The highest BCUT2D eigenvalue weighted by molar-refractivity contribution is 6.31. The van der Waals surface area contributed by atoms with Crippen LogP contribution in [0, 0.1) is 5.82 Å². The first-order valence-electron chi connectivity index (χ1n) is 9.38. The lowest BCUT2D eigenvalue weighted by molar-refractivity contribution is -0.136. The number of rotatable bonds is 6. The van der Waals surface area contributed by atoms with Crippen LogP contribution >= 0.6 is 11.6 Å². The minimum Gasteiger partial charge on any atom is -0.493 e. The normalized spacial score (nSPS) is 14.8. The zero-order valence-electron chi connectivity index (χ0n) is 18.1. The SMILES string of the molecule is COC(=O)C1=C(C)N(c2ccc(F)c(Cl)c2)C(=O)/C1=C\c1ccc(OC)c(OC)c1OC. The molecule has 168 valence electrons. The molecule has 0 spiro atoms. The fraction of sp³-hybridized carbons (Fsp3) is 0.217. The van der Waals surface area contributed by atoms with Crippen LogP contribution in [0.3, 0.4) is 0 Å². The fourth-order valence-corrected chi connectivity index (χ4v) is 3.68. The Morgan fingerprint density at radius 2 is 1.72 bits per heavy atom. The summed E-state index contributed by atoms with van der Waals surface area (Å²) in [6.07, 6.45) is 1.50. The van der Waals surface area contributed by atoms with Gasteiger partial charge in [-0.2, -0.15) is 0 Å². The molecule has 1 amide bonds. The van der Waals surface area contributed by atoms with Crippen molar-refractivity contribution in [1.82, 2.24) is 0 Å². The average Bonchev–Trinajstić information content (AvgIpc) is 3.03. The zero-order chi connectivity index (χ0) is 23.6. The Balaban J connectivity index is 2.22. The van der Waals surface area contributed by atoms with Crippen LogP contribution in [-0.4, -0.2) is 40.3 Å². The molecule has 0 fully saturated rings. The number of benzene rings is 2. The topological polar surface area (TPSA) is 74.3 Å². The molecule has 0 radical (unpaired) electrons. The standard InChI is InChI=1S/C23H21ClFNO6/c1-12-19(23(28)32-5)15(22(27)26(12)14-7-8-17(25)16(24)11-14)10-13-6-9-18(29-2)21(31-4)20(13)30-3/h6-11H,1-5H3/b15-10-. The first-order chi connectivity index (χ1) is 15.3. The minimum atomic E-state index is -0.697. The molecule has 0 aliphatic carbocycles. The second-order valence-electron chi connectivity index (χ2n) is 6.67. The summed E-state index contributed by atoms with van der Waals surface area (Å²) < 4.78 is 34.7. The molecule has 2 aromatic carbocycles. The van der Waals surface area contributed by atoms with E-state index < -0.39 is 17.7 Å². The van der Waals surface area contributed by atoms with E-state index in [0.717, 1.165) is 6.07 Å². The molecule has 0 saturated heterocycles.